The molecule has 0 aliphatic carbocycles. The van der Waals surface area contributed by atoms with Gasteiger partial charge in [0, 0.05) is 43.0 Å². The predicted octanol–water partition coefficient (Wildman–Crippen LogP) is 4.80. The zero-order valence-corrected chi connectivity index (χ0v) is 20.9. The Hall–Kier alpha value is -4.02. The van der Waals surface area contributed by atoms with Crippen molar-refractivity contribution in [3.05, 3.63) is 81.9 Å². The summed E-state index contributed by atoms with van der Waals surface area (Å²) in [5, 5.41) is 16.2. The van der Waals surface area contributed by atoms with E-state index in [2.05, 4.69) is 37.1 Å². The van der Waals surface area contributed by atoms with Crippen LogP contribution in [0.2, 0.25) is 5.02 Å². The first-order valence-electron chi connectivity index (χ1n) is 11.9. The average Bonchev–Trinajstić information content (AvgIpc) is 2.87. The summed E-state index contributed by atoms with van der Waals surface area (Å²) in [4.78, 5) is 29.0. The van der Waals surface area contributed by atoms with Crippen molar-refractivity contribution in [1.82, 2.24) is 19.9 Å². The molecule has 6 rings (SSSR count). The highest BCUT2D eigenvalue weighted by Gasteiger charge is 2.52. The monoisotopic (exact) mass is 517 g/mol. The maximum atomic E-state index is 12.0. The summed E-state index contributed by atoms with van der Waals surface area (Å²) in [7, 11) is 2.10. The summed E-state index contributed by atoms with van der Waals surface area (Å²) in [6.07, 6.45) is 4.27. The van der Waals surface area contributed by atoms with Gasteiger partial charge in [0.25, 0.3) is 5.69 Å². The standard InChI is InChI=1S/C26H24ClN7O3/c1-32-9-7-26(32)14-33(15-26)22-12-21-19(11-23(22)34(35)36)25(30-16-29-21)31-17-5-6-24(20(27)10-17)37-13-18-4-2-3-8-28-18/h2-6,8,10-12,16H,7,9,13-15H2,1H3,(H,29,30,31). The fourth-order valence-electron chi connectivity index (χ4n) is 4.93. The lowest BCUT2D eigenvalue weighted by molar-refractivity contribution is -0.384. The number of nitrogens with zero attached hydrogens (tertiary/aromatic N) is 6. The van der Waals surface area contributed by atoms with Crippen molar-refractivity contribution in [3.63, 3.8) is 0 Å². The molecule has 37 heavy (non-hydrogen) atoms. The number of rotatable bonds is 7. The van der Waals surface area contributed by atoms with Gasteiger partial charge in [0.1, 0.15) is 30.2 Å². The van der Waals surface area contributed by atoms with Gasteiger partial charge in [0.05, 0.1) is 26.7 Å². The minimum absolute atomic E-state index is 0.0403. The van der Waals surface area contributed by atoms with Crippen LogP contribution in [0, 0.1) is 10.1 Å². The van der Waals surface area contributed by atoms with Crippen LogP contribution in [-0.4, -0.2) is 57.0 Å². The van der Waals surface area contributed by atoms with Crippen molar-refractivity contribution in [2.45, 2.75) is 18.6 Å². The van der Waals surface area contributed by atoms with Crippen LogP contribution in [-0.2, 0) is 6.61 Å². The van der Waals surface area contributed by atoms with Crippen LogP contribution in [0.1, 0.15) is 12.1 Å². The Morgan fingerprint density at radius 1 is 1.16 bits per heavy atom. The zero-order valence-electron chi connectivity index (χ0n) is 20.1. The normalized spacial score (nSPS) is 16.3. The molecule has 0 bridgehead atoms. The number of aromatic nitrogens is 3. The van der Waals surface area contributed by atoms with Gasteiger partial charge in [-0.25, -0.2) is 9.97 Å². The quantitative estimate of drug-likeness (QED) is 0.273. The van der Waals surface area contributed by atoms with E-state index in [1.807, 2.05) is 24.3 Å². The Morgan fingerprint density at radius 2 is 2.03 bits per heavy atom. The maximum Gasteiger partial charge on any atom is 0.293 e. The van der Waals surface area contributed by atoms with Crippen molar-refractivity contribution in [3.8, 4) is 5.75 Å². The van der Waals surface area contributed by atoms with Crippen LogP contribution in [0.15, 0.2) is 61.1 Å². The van der Waals surface area contributed by atoms with E-state index in [9.17, 15) is 10.1 Å². The molecule has 0 unspecified atom stereocenters. The number of nitro groups is 1. The third kappa shape index (κ3) is 4.28. The zero-order chi connectivity index (χ0) is 25.6. The van der Waals surface area contributed by atoms with Crippen molar-refractivity contribution in [2.24, 2.45) is 0 Å². The Morgan fingerprint density at radius 3 is 2.70 bits per heavy atom. The van der Waals surface area contributed by atoms with Gasteiger partial charge < -0.3 is 15.0 Å². The molecule has 2 saturated heterocycles. The second kappa shape index (κ2) is 9.13. The van der Waals surface area contributed by atoms with E-state index in [4.69, 9.17) is 16.3 Å². The third-order valence-corrected chi connectivity index (χ3v) is 7.55. The lowest BCUT2D eigenvalue weighted by Gasteiger charge is -2.62. The van der Waals surface area contributed by atoms with Gasteiger partial charge in [0.15, 0.2) is 0 Å². The van der Waals surface area contributed by atoms with Crippen molar-refractivity contribution in [1.29, 1.82) is 0 Å². The summed E-state index contributed by atoms with van der Waals surface area (Å²) in [6.45, 7) is 2.92. The van der Waals surface area contributed by atoms with Gasteiger partial charge in [-0.2, -0.15) is 0 Å². The number of hydrogen-bond acceptors (Lipinski definition) is 9. The molecule has 11 heteroatoms. The number of anilines is 3. The van der Waals surface area contributed by atoms with Crippen LogP contribution >= 0.6 is 11.6 Å². The fraction of sp³-hybridized carbons (Fsp3) is 0.269. The molecule has 0 saturated carbocycles. The third-order valence-electron chi connectivity index (χ3n) is 7.26. The molecule has 4 aromatic rings. The largest absolute Gasteiger partial charge is 0.486 e. The number of nitro benzene ring substituents is 1. The smallest absolute Gasteiger partial charge is 0.293 e. The molecule has 188 valence electrons. The Bertz CT molecular complexity index is 1490. The summed E-state index contributed by atoms with van der Waals surface area (Å²) in [6, 6.07) is 14.2. The minimum Gasteiger partial charge on any atom is -0.486 e. The maximum absolute atomic E-state index is 12.0. The van der Waals surface area contributed by atoms with Crippen LogP contribution in [0.3, 0.4) is 0 Å². The number of likely N-dealkylation sites (N-methyl/N-ethyl adjacent to an activating group) is 1. The lowest BCUT2D eigenvalue weighted by atomic mass is 9.77. The molecule has 1 spiro atoms. The molecule has 10 nitrogen and oxygen atoms in total. The summed E-state index contributed by atoms with van der Waals surface area (Å²) >= 11 is 6.46. The number of ether oxygens (including phenoxy) is 1. The molecule has 0 radical (unpaired) electrons. The van der Waals surface area contributed by atoms with E-state index in [-0.39, 0.29) is 16.1 Å². The second-order valence-electron chi connectivity index (χ2n) is 9.47. The molecule has 1 N–H and O–H groups in total. The van der Waals surface area contributed by atoms with E-state index < -0.39 is 0 Å². The van der Waals surface area contributed by atoms with Gasteiger partial charge in [-0.3, -0.25) is 20.0 Å². The average molecular weight is 518 g/mol. The first kappa shape index (κ1) is 23.4. The molecule has 2 aliphatic rings. The van der Waals surface area contributed by atoms with Gasteiger partial charge in [-0.1, -0.05) is 17.7 Å². The van der Waals surface area contributed by atoms with E-state index in [0.717, 1.165) is 31.7 Å². The highest BCUT2D eigenvalue weighted by molar-refractivity contribution is 6.32. The highest BCUT2D eigenvalue weighted by Crippen LogP contribution is 2.44. The van der Waals surface area contributed by atoms with Gasteiger partial charge in [-0.05, 0) is 49.9 Å². The molecule has 2 aromatic carbocycles. The van der Waals surface area contributed by atoms with Crippen LogP contribution in [0.5, 0.6) is 5.75 Å². The molecule has 2 fully saturated rings. The number of halogens is 1. The number of likely N-dealkylation sites (tertiary alicyclic amines) is 1. The number of hydrogen-bond donors (Lipinski definition) is 1. The van der Waals surface area contributed by atoms with E-state index >= 15 is 0 Å². The predicted molar refractivity (Wildman–Crippen MR) is 142 cm³/mol. The Balaban J connectivity index is 1.24. The minimum atomic E-state index is -0.342. The topological polar surface area (TPSA) is 110 Å². The summed E-state index contributed by atoms with van der Waals surface area (Å²) in [5.74, 6) is 0.979. The Labute approximate surface area is 218 Å². The van der Waals surface area contributed by atoms with Crippen molar-refractivity contribution < 1.29 is 9.66 Å². The van der Waals surface area contributed by atoms with Crippen LogP contribution in [0.4, 0.5) is 22.9 Å². The number of pyridine rings is 1. The first-order valence-corrected chi connectivity index (χ1v) is 12.3. The molecule has 2 aliphatic heterocycles. The molecular formula is C26H24ClN7O3. The van der Waals surface area contributed by atoms with Gasteiger partial charge in [0.2, 0.25) is 0 Å². The van der Waals surface area contributed by atoms with Gasteiger partial charge in [-0.15, -0.1) is 0 Å². The number of nitrogens with one attached hydrogen (secondary N) is 1. The molecule has 2 aromatic heterocycles. The summed E-state index contributed by atoms with van der Waals surface area (Å²) in [5.41, 5.74) is 2.86. The van der Waals surface area contributed by atoms with Gasteiger partial charge >= 0.3 is 0 Å². The lowest BCUT2D eigenvalue weighted by Crippen LogP contribution is -2.76. The second-order valence-corrected chi connectivity index (χ2v) is 9.88. The highest BCUT2D eigenvalue weighted by atomic mass is 35.5. The first-order chi connectivity index (χ1) is 17.9. The number of benzene rings is 2. The fourth-order valence-corrected chi connectivity index (χ4v) is 5.17. The van der Waals surface area contributed by atoms with Crippen molar-refractivity contribution in [2.75, 3.05) is 36.9 Å². The van der Waals surface area contributed by atoms with E-state index in [1.54, 1.807) is 30.5 Å². The molecule has 4 heterocycles. The van der Waals surface area contributed by atoms with E-state index in [0.29, 0.717) is 45.5 Å². The van der Waals surface area contributed by atoms with Crippen LogP contribution < -0.4 is 15.0 Å². The van der Waals surface area contributed by atoms with Crippen molar-refractivity contribution >= 4 is 45.4 Å². The Kier molecular flexibility index (Phi) is 5.77. The number of fused-ring (bicyclic) bond motifs is 1. The SMILES string of the molecule is CN1CCC12CN(c1cc3ncnc(Nc4ccc(OCc5ccccn5)c(Cl)c4)c3cc1[N+](=O)[O-])C2. The summed E-state index contributed by atoms with van der Waals surface area (Å²) < 4.78 is 5.80. The molecule has 0 amide bonds. The molecular weight excluding hydrogens is 494 g/mol. The van der Waals surface area contributed by atoms with Crippen LogP contribution in [0.25, 0.3) is 10.9 Å². The van der Waals surface area contributed by atoms with E-state index in [1.165, 1.54) is 6.33 Å². The molecule has 0 atom stereocenters.